The second-order valence-electron chi connectivity index (χ2n) is 6.75. The van der Waals surface area contributed by atoms with Crippen molar-refractivity contribution in [2.75, 3.05) is 6.61 Å². The Morgan fingerprint density at radius 3 is 1.79 bits per heavy atom. The lowest BCUT2D eigenvalue weighted by molar-refractivity contribution is 0.274. The van der Waals surface area contributed by atoms with Crippen molar-refractivity contribution in [2.45, 2.75) is 82.6 Å². The number of unbranched alkanes of at least 4 members (excludes halogenated alkanes) is 1. The van der Waals surface area contributed by atoms with E-state index in [4.69, 9.17) is 4.43 Å². The summed E-state index contributed by atoms with van der Waals surface area (Å²) in [6, 6.07) is 0. The van der Waals surface area contributed by atoms with E-state index in [1.807, 2.05) is 0 Å². The molecule has 0 fully saturated rings. The molecule has 0 amide bonds. The Morgan fingerprint density at radius 1 is 0.947 bits per heavy atom. The minimum absolute atomic E-state index is 0.682. The fourth-order valence-corrected chi connectivity index (χ4v) is 9.24. The third-order valence-corrected chi connectivity index (χ3v) is 10.8. The van der Waals surface area contributed by atoms with Gasteiger partial charge in [0.05, 0.1) is 0 Å². The first-order valence-electron chi connectivity index (χ1n) is 7.87. The summed E-state index contributed by atoms with van der Waals surface area (Å²) >= 11 is -0.697. The summed E-state index contributed by atoms with van der Waals surface area (Å²) in [7, 11) is -1.65. The fourth-order valence-electron chi connectivity index (χ4n) is 3.19. The predicted octanol–water partition coefficient (Wildman–Crippen LogP) is 5.26. The highest BCUT2D eigenvalue weighted by atomic mass is 28.4. The molecular weight excluding hydrogens is 263 g/mol. The minimum Gasteiger partial charge on any atom is -0.416 e. The molecule has 0 heterocycles. The molecule has 0 aliphatic rings. The molecule has 3 heteroatoms. The van der Waals surface area contributed by atoms with Crippen LogP contribution in [0.5, 0.6) is 0 Å². The Balaban J connectivity index is 4.42. The highest BCUT2D eigenvalue weighted by molar-refractivity contribution is 6.77. The van der Waals surface area contributed by atoms with E-state index < -0.39 is 22.5 Å². The first-order chi connectivity index (χ1) is 8.75. The molecule has 0 N–H and O–H groups in total. The van der Waals surface area contributed by atoms with Gasteiger partial charge in [-0.2, -0.15) is 0 Å². The first-order valence-corrected chi connectivity index (χ1v) is 12.9. The van der Waals surface area contributed by atoms with E-state index in [-0.39, 0.29) is 0 Å². The smallest absolute Gasteiger partial charge is 0.369 e. The molecule has 0 aromatic heterocycles. The largest absolute Gasteiger partial charge is 0.416 e. The van der Waals surface area contributed by atoms with Crippen molar-refractivity contribution in [3.05, 3.63) is 0 Å². The molecule has 1 nitrogen and oxygen atoms in total. The average molecular weight is 297 g/mol. The lowest BCUT2D eigenvalue weighted by atomic mass is 10.3. The van der Waals surface area contributed by atoms with Crippen LogP contribution in [0.1, 0.15) is 54.4 Å². The molecule has 0 atom stereocenters. The van der Waals surface area contributed by atoms with E-state index in [1.54, 1.807) is 0 Å². The maximum Gasteiger partial charge on any atom is 0.369 e. The molecule has 0 radical (unpaired) electrons. The van der Waals surface area contributed by atoms with Crippen LogP contribution < -0.4 is 0 Å². The molecule has 0 saturated carbocycles. The van der Waals surface area contributed by atoms with Crippen LogP contribution in [0, 0.1) is 10.7 Å². The van der Waals surface area contributed by atoms with Crippen molar-refractivity contribution in [1.82, 2.24) is 0 Å². The van der Waals surface area contributed by atoms with Crippen molar-refractivity contribution in [3.63, 3.8) is 0 Å². The number of rotatable bonds is 7. The molecule has 0 rings (SSSR count). The molecule has 0 unspecified atom stereocenters. The van der Waals surface area contributed by atoms with Gasteiger partial charge in [0.25, 0.3) is 0 Å². The summed E-state index contributed by atoms with van der Waals surface area (Å²) in [6.07, 6.45) is 2.10. The van der Waals surface area contributed by atoms with Gasteiger partial charge in [-0.3, -0.25) is 0 Å². The molecule has 0 aliphatic heterocycles. The molecule has 0 bridgehead atoms. The maximum absolute atomic E-state index is 6.50. The van der Waals surface area contributed by atoms with Gasteiger partial charge in [0, 0.05) is 13.0 Å². The van der Waals surface area contributed by atoms with Crippen LogP contribution in [-0.2, 0) is 4.43 Å². The lowest BCUT2D eigenvalue weighted by Crippen LogP contribution is -2.47. The second kappa shape index (κ2) is 9.25. The van der Waals surface area contributed by atoms with Gasteiger partial charge in [-0.15, -0.1) is 5.92 Å². The van der Waals surface area contributed by atoms with E-state index in [1.165, 1.54) is 0 Å². The van der Waals surface area contributed by atoms with E-state index in [9.17, 15) is 0 Å². The summed E-state index contributed by atoms with van der Waals surface area (Å²) < 4.78 is 6.50. The standard InChI is InChI=1S/C14H27OSi.2CH3.Al/c1-8-9-10-11-15-16(12(2)3,13(4)5)14(6)7;;;/h12-14H,9-11H2,2-7H3;2*1H3;. The van der Waals surface area contributed by atoms with Crippen molar-refractivity contribution in [1.29, 1.82) is 0 Å². The normalized spacial score (nSPS) is 11.9. The summed E-state index contributed by atoms with van der Waals surface area (Å²) in [4.78, 5) is 3.36. The van der Waals surface area contributed by atoms with Crippen molar-refractivity contribution < 1.29 is 4.43 Å². The molecule has 19 heavy (non-hydrogen) atoms. The van der Waals surface area contributed by atoms with Crippen molar-refractivity contribution in [3.8, 4) is 10.7 Å². The van der Waals surface area contributed by atoms with Gasteiger partial charge < -0.3 is 4.43 Å². The van der Waals surface area contributed by atoms with E-state index in [0.717, 1.165) is 19.4 Å². The van der Waals surface area contributed by atoms with Crippen LogP contribution in [0.4, 0.5) is 0 Å². The lowest BCUT2D eigenvalue weighted by Gasteiger charge is -2.42. The topological polar surface area (TPSA) is 9.23 Å². The van der Waals surface area contributed by atoms with Crippen LogP contribution in [0.2, 0.25) is 28.2 Å². The van der Waals surface area contributed by atoms with Gasteiger partial charge in [-0.05, 0) is 23.0 Å². The summed E-state index contributed by atoms with van der Waals surface area (Å²) in [5.74, 6) is 7.86. The van der Waals surface area contributed by atoms with Gasteiger partial charge in [0.2, 0.25) is 0 Å². The Hall–Kier alpha value is 0.269. The molecule has 110 valence electrons. The Morgan fingerprint density at radius 2 is 1.42 bits per heavy atom. The molecule has 0 spiro atoms. The molecule has 0 aromatic carbocycles. The van der Waals surface area contributed by atoms with Crippen LogP contribution in [0.3, 0.4) is 0 Å². The monoisotopic (exact) mass is 296 g/mol. The Labute approximate surface area is 127 Å². The predicted molar refractivity (Wildman–Crippen MR) is 91.5 cm³/mol. The Bertz CT molecular complexity index is 278. The highest BCUT2D eigenvalue weighted by Crippen LogP contribution is 2.42. The van der Waals surface area contributed by atoms with Crippen molar-refractivity contribution in [2.24, 2.45) is 0 Å². The van der Waals surface area contributed by atoms with Gasteiger partial charge in [-0.1, -0.05) is 53.1 Å². The SMILES string of the molecule is CC(C)[Si](OCCCC#[C][Al]([CH3])[CH3])(C(C)C)C(C)C. The van der Waals surface area contributed by atoms with Crippen LogP contribution in [0.15, 0.2) is 0 Å². The zero-order valence-electron chi connectivity index (χ0n) is 14.3. The van der Waals surface area contributed by atoms with Gasteiger partial charge in [0.1, 0.15) is 0 Å². The second-order valence-corrected chi connectivity index (χ2v) is 14.8. The van der Waals surface area contributed by atoms with E-state index >= 15 is 0 Å². The quantitative estimate of drug-likeness (QED) is 0.354. The van der Waals surface area contributed by atoms with E-state index in [0.29, 0.717) is 16.6 Å². The maximum atomic E-state index is 6.50. The average Bonchev–Trinajstić information content (AvgIpc) is 2.26. The van der Waals surface area contributed by atoms with E-state index in [2.05, 4.69) is 63.8 Å². The summed E-state index contributed by atoms with van der Waals surface area (Å²) in [6.45, 7) is 15.0. The number of hydrogen-bond acceptors (Lipinski definition) is 1. The minimum atomic E-state index is -1.65. The van der Waals surface area contributed by atoms with Crippen LogP contribution >= 0.6 is 0 Å². The summed E-state index contributed by atoms with van der Waals surface area (Å²) in [5, 5.41) is 0. The third-order valence-electron chi connectivity index (χ3n) is 3.90. The van der Waals surface area contributed by atoms with Gasteiger partial charge >= 0.3 is 14.1 Å². The van der Waals surface area contributed by atoms with Gasteiger partial charge in [0.15, 0.2) is 8.32 Å². The zero-order chi connectivity index (χ0) is 15.1. The van der Waals surface area contributed by atoms with Crippen LogP contribution in [-0.4, -0.2) is 29.1 Å². The first kappa shape index (κ1) is 19.3. The fraction of sp³-hybridized carbons (Fsp3) is 0.875. The van der Waals surface area contributed by atoms with Gasteiger partial charge in [-0.25, -0.2) is 4.78 Å². The Kier molecular flexibility index (Phi) is 9.38. The molecule has 0 saturated heterocycles. The number of hydrogen-bond donors (Lipinski definition) is 0. The highest BCUT2D eigenvalue weighted by Gasteiger charge is 2.44. The molecular formula is C16H33AlOSi. The van der Waals surface area contributed by atoms with Crippen molar-refractivity contribution >= 4 is 22.5 Å². The zero-order valence-corrected chi connectivity index (χ0v) is 16.5. The summed E-state index contributed by atoms with van der Waals surface area (Å²) in [5.41, 5.74) is 2.05. The third kappa shape index (κ3) is 6.05. The molecule has 0 aliphatic carbocycles. The van der Waals surface area contributed by atoms with Crippen LogP contribution in [0.25, 0.3) is 0 Å². The molecule has 0 aromatic rings.